The van der Waals surface area contributed by atoms with Gasteiger partial charge < -0.3 is 16.2 Å². The third-order valence-electron chi connectivity index (χ3n) is 2.53. The summed E-state index contributed by atoms with van der Waals surface area (Å²) < 4.78 is 26.6. The maximum Gasteiger partial charge on any atom is 0.295 e. The Hall–Kier alpha value is -1.20. The van der Waals surface area contributed by atoms with Crippen molar-refractivity contribution in [2.24, 2.45) is 0 Å². The summed E-state index contributed by atoms with van der Waals surface area (Å²) in [5.74, 6) is -3.25. The average Bonchev–Trinajstić information content (AvgIpc) is 2.27. The Kier molecular flexibility index (Phi) is 3.83. The fourth-order valence-corrected chi connectivity index (χ4v) is 1.40. The van der Waals surface area contributed by atoms with Crippen LogP contribution >= 0.6 is 0 Å². The van der Waals surface area contributed by atoms with Gasteiger partial charge in [0, 0.05) is 17.3 Å². The van der Waals surface area contributed by atoms with Crippen LogP contribution in [0.3, 0.4) is 0 Å². The second-order valence-electron chi connectivity index (χ2n) is 3.76. The molecule has 0 aliphatic carbocycles. The van der Waals surface area contributed by atoms with Crippen molar-refractivity contribution in [2.75, 3.05) is 19.4 Å². The number of anilines is 1. The first kappa shape index (κ1) is 12.9. The van der Waals surface area contributed by atoms with Crippen LogP contribution in [0.4, 0.5) is 14.5 Å². The van der Waals surface area contributed by atoms with Crippen molar-refractivity contribution in [1.82, 2.24) is 5.32 Å². The van der Waals surface area contributed by atoms with Crippen molar-refractivity contribution in [1.29, 1.82) is 0 Å². The van der Waals surface area contributed by atoms with Crippen LogP contribution in [-0.4, -0.2) is 18.8 Å². The van der Waals surface area contributed by atoms with E-state index in [1.165, 1.54) is 12.1 Å². The summed E-state index contributed by atoms with van der Waals surface area (Å²) in [5.41, 5.74) is 6.24. The molecular formula is C11H16F2N2O. The number of nitrogen functional groups attached to an aromatic ring is 1. The van der Waals surface area contributed by atoms with Gasteiger partial charge in [0.15, 0.2) is 0 Å². The number of halogens is 2. The van der Waals surface area contributed by atoms with Crippen LogP contribution in [-0.2, 0) is 5.92 Å². The van der Waals surface area contributed by atoms with Crippen molar-refractivity contribution in [2.45, 2.75) is 18.9 Å². The highest BCUT2D eigenvalue weighted by molar-refractivity contribution is 5.47. The number of alkyl halides is 2. The molecule has 0 spiro atoms. The van der Waals surface area contributed by atoms with Crippen LogP contribution in [0.1, 0.15) is 24.1 Å². The Morgan fingerprint density at radius 1 is 1.44 bits per heavy atom. The van der Waals surface area contributed by atoms with E-state index in [4.69, 9.17) is 10.8 Å². The summed E-state index contributed by atoms with van der Waals surface area (Å²) >= 11 is 0. The molecule has 1 atom stereocenters. The van der Waals surface area contributed by atoms with E-state index in [0.717, 1.165) is 0 Å². The Balaban J connectivity index is 3.17. The molecule has 0 amide bonds. The first-order valence-electron chi connectivity index (χ1n) is 4.97. The highest BCUT2D eigenvalue weighted by Gasteiger charge is 2.31. The van der Waals surface area contributed by atoms with Crippen molar-refractivity contribution in [3.05, 3.63) is 29.3 Å². The lowest BCUT2D eigenvalue weighted by molar-refractivity contribution is -0.0556. The number of hydrogen-bond donors (Lipinski definition) is 3. The molecule has 0 aromatic heterocycles. The largest absolute Gasteiger partial charge is 0.399 e. The van der Waals surface area contributed by atoms with Crippen LogP contribution < -0.4 is 11.1 Å². The highest BCUT2D eigenvalue weighted by atomic mass is 19.3. The predicted molar refractivity (Wildman–Crippen MR) is 59.3 cm³/mol. The van der Waals surface area contributed by atoms with Crippen LogP contribution in [0, 0.1) is 0 Å². The van der Waals surface area contributed by atoms with E-state index in [9.17, 15) is 8.78 Å². The van der Waals surface area contributed by atoms with Gasteiger partial charge in [-0.1, -0.05) is 0 Å². The highest BCUT2D eigenvalue weighted by Crippen LogP contribution is 2.31. The molecule has 0 unspecified atom stereocenters. The van der Waals surface area contributed by atoms with Crippen molar-refractivity contribution >= 4 is 5.69 Å². The fraction of sp³-hybridized carbons (Fsp3) is 0.455. The quantitative estimate of drug-likeness (QED) is 0.689. The van der Waals surface area contributed by atoms with Crippen LogP contribution in [0.15, 0.2) is 18.2 Å². The Bertz CT molecular complexity index is 369. The zero-order chi connectivity index (χ0) is 12.3. The van der Waals surface area contributed by atoms with Crippen LogP contribution in [0.5, 0.6) is 0 Å². The second kappa shape index (κ2) is 4.76. The molecule has 1 rings (SSSR count). The molecule has 5 heteroatoms. The smallest absolute Gasteiger partial charge is 0.295 e. The van der Waals surface area contributed by atoms with Gasteiger partial charge in [-0.25, -0.2) is 0 Å². The summed E-state index contributed by atoms with van der Waals surface area (Å²) in [6.45, 7) is 0.624. The zero-order valence-corrected chi connectivity index (χ0v) is 9.30. The SMILES string of the molecule is CN[C@H](C)c1cc(N)cc(C(F)(F)CO)c1. The molecule has 4 N–H and O–H groups in total. The molecule has 16 heavy (non-hydrogen) atoms. The Morgan fingerprint density at radius 2 is 2.06 bits per heavy atom. The first-order chi connectivity index (χ1) is 7.40. The van der Waals surface area contributed by atoms with E-state index in [-0.39, 0.29) is 17.3 Å². The van der Waals surface area contributed by atoms with E-state index in [1.807, 2.05) is 6.92 Å². The van der Waals surface area contributed by atoms with Gasteiger partial charge in [-0.05, 0) is 37.7 Å². The molecule has 3 nitrogen and oxygen atoms in total. The average molecular weight is 230 g/mol. The number of nitrogens with one attached hydrogen (secondary N) is 1. The Morgan fingerprint density at radius 3 is 2.56 bits per heavy atom. The van der Waals surface area contributed by atoms with Gasteiger partial charge >= 0.3 is 0 Å². The molecule has 0 bridgehead atoms. The zero-order valence-electron chi connectivity index (χ0n) is 9.30. The third kappa shape index (κ3) is 2.68. The van der Waals surface area contributed by atoms with Gasteiger partial charge in [0.1, 0.15) is 6.61 Å². The number of rotatable bonds is 4. The van der Waals surface area contributed by atoms with Crippen molar-refractivity contribution in [3.63, 3.8) is 0 Å². The van der Waals surface area contributed by atoms with E-state index in [2.05, 4.69) is 5.32 Å². The summed E-state index contributed by atoms with van der Waals surface area (Å²) in [4.78, 5) is 0. The first-order valence-corrected chi connectivity index (χ1v) is 4.97. The number of nitrogens with two attached hydrogens (primary N) is 1. The van der Waals surface area contributed by atoms with Gasteiger partial charge in [0.05, 0.1) is 0 Å². The van der Waals surface area contributed by atoms with Gasteiger partial charge in [-0.15, -0.1) is 0 Å². The fourth-order valence-electron chi connectivity index (χ4n) is 1.40. The van der Waals surface area contributed by atoms with Crippen molar-refractivity contribution < 1.29 is 13.9 Å². The summed E-state index contributed by atoms with van der Waals surface area (Å²) in [6.07, 6.45) is 0. The molecule has 0 saturated carbocycles. The predicted octanol–water partition coefficient (Wildman–Crippen LogP) is 1.63. The molecule has 0 saturated heterocycles. The maximum absolute atomic E-state index is 13.3. The molecule has 1 aromatic rings. The van der Waals surface area contributed by atoms with Crippen molar-refractivity contribution in [3.8, 4) is 0 Å². The monoisotopic (exact) mass is 230 g/mol. The minimum atomic E-state index is -3.25. The summed E-state index contributed by atoms with van der Waals surface area (Å²) in [7, 11) is 1.73. The van der Waals surface area contributed by atoms with E-state index in [0.29, 0.717) is 5.56 Å². The number of benzene rings is 1. The molecule has 0 heterocycles. The van der Waals surface area contributed by atoms with E-state index >= 15 is 0 Å². The topological polar surface area (TPSA) is 58.3 Å². The summed E-state index contributed by atoms with van der Waals surface area (Å²) in [6, 6.07) is 4.10. The normalized spacial score (nSPS) is 13.8. The maximum atomic E-state index is 13.3. The standard InChI is InChI=1S/C11H16F2N2O/c1-7(15-2)8-3-9(5-10(14)4-8)11(12,13)6-16/h3-5,7,15-16H,6,14H2,1-2H3/t7-/m1/s1. The number of hydrogen-bond acceptors (Lipinski definition) is 3. The molecule has 0 radical (unpaired) electrons. The molecule has 90 valence electrons. The third-order valence-corrected chi connectivity index (χ3v) is 2.53. The lowest BCUT2D eigenvalue weighted by atomic mass is 10.0. The second-order valence-corrected chi connectivity index (χ2v) is 3.76. The van der Waals surface area contributed by atoms with Gasteiger partial charge in [-0.2, -0.15) is 8.78 Å². The number of aliphatic hydroxyl groups is 1. The van der Waals surface area contributed by atoms with E-state index in [1.54, 1.807) is 13.1 Å². The summed E-state index contributed by atoms with van der Waals surface area (Å²) in [5, 5.41) is 11.6. The van der Waals surface area contributed by atoms with Crippen LogP contribution in [0.2, 0.25) is 0 Å². The minimum absolute atomic E-state index is 0.0725. The van der Waals surface area contributed by atoms with Gasteiger partial charge in [0.2, 0.25) is 0 Å². The molecule has 1 aromatic carbocycles. The molecule has 0 fully saturated rings. The van der Waals surface area contributed by atoms with Gasteiger partial charge in [-0.3, -0.25) is 0 Å². The molecular weight excluding hydrogens is 214 g/mol. The minimum Gasteiger partial charge on any atom is -0.399 e. The Labute approximate surface area is 93.3 Å². The lowest BCUT2D eigenvalue weighted by Gasteiger charge is -2.18. The molecule has 0 aliphatic heterocycles. The number of aliphatic hydroxyl groups excluding tert-OH is 1. The van der Waals surface area contributed by atoms with Gasteiger partial charge in [0.25, 0.3) is 5.92 Å². The van der Waals surface area contributed by atoms with Crippen LogP contribution in [0.25, 0.3) is 0 Å². The lowest BCUT2D eigenvalue weighted by Crippen LogP contribution is -2.20. The van der Waals surface area contributed by atoms with E-state index < -0.39 is 12.5 Å². The molecule has 0 aliphatic rings.